The lowest BCUT2D eigenvalue weighted by Crippen LogP contribution is -2.33. The Bertz CT molecular complexity index is 2440. The predicted molar refractivity (Wildman–Crippen MR) is 185 cm³/mol. The van der Waals surface area contributed by atoms with Gasteiger partial charge in [-0.3, -0.25) is 0 Å². The van der Waals surface area contributed by atoms with E-state index in [9.17, 15) is 22.0 Å². The molecule has 8 aromatic rings. The van der Waals surface area contributed by atoms with Gasteiger partial charge in [0.05, 0.1) is 0 Å². The molecule has 5 heteroatoms. The molecule has 0 nitrogen and oxygen atoms in total. The lowest BCUT2D eigenvalue weighted by atomic mass is 9.82. The minimum Gasteiger partial charge on any atom is -0.191 e. The monoisotopic (exact) mass is 628 g/mol. The molecule has 0 unspecified atom stereocenters. The first-order valence-electron chi connectivity index (χ1n) is 15.6. The molecule has 0 amide bonds. The molecule has 0 heterocycles. The van der Waals surface area contributed by atoms with E-state index in [1.807, 2.05) is 48.5 Å². The second-order valence-corrected chi connectivity index (χ2v) is 13.4. The average Bonchev–Trinajstić information content (AvgIpc) is 3.05. The van der Waals surface area contributed by atoms with E-state index in [0.717, 1.165) is 60.6 Å². The highest BCUT2D eigenvalue weighted by molar-refractivity contribution is 6.29. The molecule has 0 saturated carbocycles. The zero-order valence-electron chi connectivity index (χ0n) is 25.9. The Kier molecular flexibility index (Phi) is 6.24. The Hall–Kier alpha value is -5.03. The van der Waals surface area contributed by atoms with Gasteiger partial charge in [0.1, 0.15) is 0 Å². The molecule has 8 rings (SSSR count). The molecular formula is C42H29F5. The highest BCUT2D eigenvalue weighted by atomic mass is 19.4. The van der Waals surface area contributed by atoms with Crippen molar-refractivity contribution in [1.82, 2.24) is 0 Å². The van der Waals surface area contributed by atoms with Crippen LogP contribution in [0.4, 0.5) is 22.0 Å². The van der Waals surface area contributed by atoms with Crippen LogP contribution in [0.25, 0.3) is 76.1 Å². The average molecular weight is 629 g/mol. The summed E-state index contributed by atoms with van der Waals surface area (Å²) in [5.74, 6) is -4.99. The van der Waals surface area contributed by atoms with Crippen LogP contribution in [0.3, 0.4) is 0 Å². The number of hydrogen-bond acceptors (Lipinski definition) is 0. The number of halogens is 5. The van der Waals surface area contributed by atoms with Crippen molar-refractivity contribution >= 4 is 53.9 Å². The number of hydrogen-bond donors (Lipinski definition) is 0. The molecule has 0 aliphatic carbocycles. The number of rotatable bonds is 3. The Labute approximate surface area is 268 Å². The molecule has 0 aliphatic rings. The van der Waals surface area contributed by atoms with Crippen LogP contribution in [0.1, 0.15) is 31.9 Å². The highest BCUT2D eigenvalue weighted by Gasteiger charge is 2.59. The fourth-order valence-electron chi connectivity index (χ4n) is 7.31. The first-order valence-corrected chi connectivity index (χ1v) is 15.6. The first-order chi connectivity index (χ1) is 22.4. The molecule has 0 atom stereocenters. The fourth-order valence-corrected chi connectivity index (χ4v) is 7.31. The van der Waals surface area contributed by atoms with Gasteiger partial charge in [0.25, 0.3) is 0 Å². The van der Waals surface area contributed by atoms with Crippen molar-refractivity contribution in [2.45, 2.75) is 38.3 Å². The van der Waals surface area contributed by atoms with Crippen LogP contribution in [-0.2, 0) is 11.3 Å². The van der Waals surface area contributed by atoms with Crippen LogP contribution >= 0.6 is 0 Å². The molecule has 47 heavy (non-hydrogen) atoms. The maximum atomic E-state index is 14.9. The summed E-state index contributed by atoms with van der Waals surface area (Å²) in [6.45, 7) is 6.59. The van der Waals surface area contributed by atoms with E-state index in [4.69, 9.17) is 0 Å². The van der Waals surface area contributed by atoms with Gasteiger partial charge in [-0.25, -0.2) is 0 Å². The Morgan fingerprint density at radius 2 is 0.894 bits per heavy atom. The molecule has 0 fully saturated rings. The third-order valence-corrected chi connectivity index (χ3v) is 9.60. The van der Waals surface area contributed by atoms with E-state index in [0.29, 0.717) is 16.2 Å². The van der Waals surface area contributed by atoms with Crippen molar-refractivity contribution < 1.29 is 22.0 Å². The number of benzene rings is 8. The van der Waals surface area contributed by atoms with E-state index >= 15 is 0 Å². The molecule has 0 aromatic heterocycles. The van der Waals surface area contributed by atoms with E-state index in [2.05, 4.69) is 69.3 Å². The van der Waals surface area contributed by atoms with E-state index < -0.39 is 17.7 Å². The zero-order valence-corrected chi connectivity index (χ0v) is 25.9. The van der Waals surface area contributed by atoms with Crippen molar-refractivity contribution in [2.24, 2.45) is 0 Å². The van der Waals surface area contributed by atoms with Crippen LogP contribution < -0.4 is 0 Å². The van der Waals surface area contributed by atoms with Crippen molar-refractivity contribution in [1.29, 1.82) is 0 Å². The summed E-state index contributed by atoms with van der Waals surface area (Å²) in [7, 11) is 0. The SMILES string of the molecule is CC(C)(C)c1ccc(-c2c3ccccc3c(-c3ccc4ccc5c(C(F)(F)C(F)(F)F)ccc6ccc3c4c65)c3ccccc23)cc1. The third kappa shape index (κ3) is 4.32. The van der Waals surface area contributed by atoms with Crippen molar-refractivity contribution in [3.8, 4) is 22.3 Å². The number of alkyl halides is 5. The standard InChI is InChI=1S/C42H29F5/c1-40(2,3)27-18-12-24(13-19-27)36-28-8-4-6-10-30(28)39(31-11-7-5-9-29(31)36)33-21-15-25-16-22-34-35(41(43,44)42(45,46)47)23-17-26-14-20-32(33)37(25)38(26)34/h4-23H,1-3H3. The molecule has 0 N–H and O–H groups in total. The van der Waals surface area contributed by atoms with Gasteiger partial charge in [0.2, 0.25) is 0 Å². The number of fused-ring (bicyclic) bond motifs is 2. The van der Waals surface area contributed by atoms with Crippen LogP contribution in [0.5, 0.6) is 0 Å². The minimum atomic E-state index is -5.71. The summed E-state index contributed by atoms with van der Waals surface area (Å²) < 4.78 is 70.5. The molecule has 0 saturated heterocycles. The second kappa shape index (κ2) is 9.98. The summed E-state index contributed by atoms with van der Waals surface area (Å²) >= 11 is 0. The summed E-state index contributed by atoms with van der Waals surface area (Å²) in [5, 5.41) is 7.37. The largest absolute Gasteiger partial charge is 0.458 e. The molecule has 0 bridgehead atoms. The third-order valence-electron chi connectivity index (χ3n) is 9.60. The Morgan fingerprint density at radius 3 is 1.43 bits per heavy atom. The topological polar surface area (TPSA) is 0 Å². The molecular weight excluding hydrogens is 599 g/mol. The maximum absolute atomic E-state index is 14.9. The van der Waals surface area contributed by atoms with Crippen LogP contribution in [-0.4, -0.2) is 6.18 Å². The van der Waals surface area contributed by atoms with Gasteiger partial charge in [-0.2, -0.15) is 22.0 Å². The second-order valence-electron chi connectivity index (χ2n) is 13.4. The minimum absolute atomic E-state index is 0.0188. The van der Waals surface area contributed by atoms with Gasteiger partial charge in [-0.05, 0) is 87.1 Å². The Balaban J connectivity index is 1.46. The molecule has 232 valence electrons. The van der Waals surface area contributed by atoms with Gasteiger partial charge in [-0.1, -0.05) is 142 Å². The van der Waals surface area contributed by atoms with E-state index in [-0.39, 0.29) is 10.8 Å². The zero-order chi connectivity index (χ0) is 32.9. The normalized spacial score (nSPS) is 13.1. The Morgan fingerprint density at radius 1 is 0.426 bits per heavy atom. The van der Waals surface area contributed by atoms with Gasteiger partial charge in [0, 0.05) is 5.56 Å². The molecule has 0 aliphatic heterocycles. The van der Waals surface area contributed by atoms with E-state index in [1.54, 1.807) is 6.07 Å². The summed E-state index contributed by atoms with van der Waals surface area (Å²) in [6.07, 6.45) is -5.71. The summed E-state index contributed by atoms with van der Waals surface area (Å²) in [4.78, 5) is 0. The molecule has 0 radical (unpaired) electrons. The lowest BCUT2D eigenvalue weighted by Gasteiger charge is -2.23. The smallest absolute Gasteiger partial charge is 0.191 e. The van der Waals surface area contributed by atoms with Crippen molar-refractivity contribution in [3.63, 3.8) is 0 Å². The predicted octanol–water partition coefficient (Wildman–Crippen LogP) is 13.2. The molecule has 0 spiro atoms. The lowest BCUT2D eigenvalue weighted by molar-refractivity contribution is -0.288. The van der Waals surface area contributed by atoms with Crippen LogP contribution in [0, 0.1) is 0 Å². The molecule has 8 aromatic carbocycles. The van der Waals surface area contributed by atoms with Gasteiger partial charge in [0.15, 0.2) is 0 Å². The quantitative estimate of drug-likeness (QED) is 0.104. The fraction of sp³-hybridized carbons (Fsp3) is 0.143. The van der Waals surface area contributed by atoms with Gasteiger partial charge in [-0.15, -0.1) is 0 Å². The maximum Gasteiger partial charge on any atom is 0.458 e. The van der Waals surface area contributed by atoms with Gasteiger partial charge < -0.3 is 0 Å². The van der Waals surface area contributed by atoms with Crippen molar-refractivity contribution in [2.75, 3.05) is 0 Å². The van der Waals surface area contributed by atoms with Crippen LogP contribution in [0.15, 0.2) is 121 Å². The highest BCUT2D eigenvalue weighted by Crippen LogP contribution is 2.50. The van der Waals surface area contributed by atoms with Crippen LogP contribution in [0.2, 0.25) is 0 Å². The van der Waals surface area contributed by atoms with Gasteiger partial charge >= 0.3 is 12.1 Å². The summed E-state index contributed by atoms with van der Waals surface area (Å²) in [5.41, 5.74) is 4.34. The van der Waals surface area contributed by atoms with E-state index in [1.165, 1.54) is 17.7 Å². The summed E-state index contributed by atoms with van der Waals surface area (Å²) in [6, 6.07) is 38.3. The first kappa shape index (κ1) is 29.4. The van der Waals surface area contributed by atoms with Crippen molar-refractivity contribution in [3.05, 3.63) is 132 Å².